The van der Waals surface area contributed by atoms with E-state index in [2.05, 4.69) is 0 Å². The number of thioether (sulfide) groups is 1. The lowest BCUT2D eigenvalue weighted by atomic mass is 10.1. The topological polar surface area (TPSA) is 57.2 Å². The maximum Gasteiger partial charge on any atom is 0.270 e. The minimum atomic E-state index is -0.140. The minimum absolute atomic E-state index is 0.140. The molecule has 8 heteroatoms. The number of amides is 1. The molecule has 4 rings (SSSR count). The number of anilines is 1. The number of carbonyl (C=O) groups excluding carboxylic acids is 1. The summed E-state index contributed by atoms with van der Waals surface area (Å²) in [5.41, 5.74) is 1.58. The van der Waals surface area contributed by atoms with Crippen molar-refractivity contribution in [2.24, 2.45) is 0 Å². The first-order valence-electron chi connectivity index (χ1n) is 11.1. The molecule has 1 saturated heterocycles. The smallest absolute Gasteiger partial charge is 0.270 e. The van der Waals surface area contributed by atoms with Crippen LogP contribution in [0.25, 0.3) is 6.08 Å². The van der Waals surface area contributed by atoms with Gasteiger partial charge >= 0.3 is 0 Å². The van der Waals surface area contributed by atoms with Crippen LogP contribution in [0.4, 0.5) is 5.69 Å². The van der Waals surface area contributed by atoms with E-state index in [9.17, 15) is 4.79 Å². The molecule has 3 aromatic rings. The molecule has 0 bridgehead atoms. The van der Waals surface area contributed by atoms with Crippen LogP contribution in [0.2, 0.25) is 0 Å². The van der Waals surface area contributed by atoms with E-state index in [1.165, 1.54) is 11.8 Å². The van der Waals surface area contributed by atoms with Crippen molar-refractivity contribution in [2.45, 2.75) is 6.92 Å². The average Bonchev–Trinajstić information content (AvgIpc) is 3.16. The van der Waals surface area contributed by atoms with E-state index >= 15 is 0 Å². The summed E-state index contributed by atoms with van der Waals surface area (Å²) in [5, 5.41) is 0. The molecule has 0 spiro atoms. The first-order valence-corrected chi connectivity index (χ1v) is 12.3. The Morgan fingerprint density at radius 2 is 1.66 bits per heavy atom. The highest BCUT2D eigenvalue weighted by Crippen LogP contribution is 2.37. The van der Waals surface area contributed by atoms with Crippen LogP contribution in [0.5, 0.6) is 23.0 Å². The highest BCUT2D eigenvalue weighted by Gasteiger charge is 2.33. The Kier molecular flexibility index (Phi) is 8.28. The Morgan fingerprint density at radius 1 is 0.886 bits per heavy atom. The standard InChI is InChI=1S/C27H25NO5S2/c1-3-31-24-16-19(17-25-26(29)28(27(34)35-25)20-8-5-4-6-9-20)12-13-23(24)33-15-14-32-22-11-7-10-21(18-22)30-2/h4-13,16-18H,3,14-15H2,1-2H3. The summed E-state index contributed by atoms with van der Waals surface area (Å²) in [4.78, 5) is 15.1. The number of benzene rings is 3. The minimum Gasteiger partial charge on any atom is -0.497 e. The van der Waals surface area contributed by atoms with Crippen molar-refractivity contribution in [1.29, 1.82) is 0 Å². The van der Waals surface area contributed by atoms with E-state index in [0.29, 0.717) is 46.3 Å². The number of hydrogen-bond donors (Lipinski definition) is 0. The molecule has 0 saturated carbocycles. The van der Waals surface area contributed by atoms with Gasteiger partial charge in [-0.15, -0.1) is 0 Å². The normalized spacial score (nSPS) is 14.3. The molecule has 1 heterocycles. The predicted molar refractivity (Wildman–Crippen MR) is 144 cm³/mol. The highest BCUT2D eigenvalue weighted by atomic mass is 32.2. The van der Waals surface area contributed by atoms with Crippen molar-refractivity contribution < 1.29 is 23.7 Å². The van der Waals surface area contributed by atoms with Gasteiger partial charge in [-0.3, -0.25) is 9.69 Å². The third-order valence-corrected chi connectivity index (χ3v) is 6.33. The molecule has 1 fully saturated rings. The molecule has 0 aliphatic carbocycles. The second kappa shape index (κ2) is 11.8. The van der Waals surface area contributed by atoms with Gasteiger partial charge in [0.1, 0.15) is 24.7 Å². The third kappa shape index (κ3) is 6.15. The molecule has 35 heavy (non-hydrogen) atoms. The predicted octanol–water partition coefficient (Wildman–Crippen LogP) is 5.96. The molecule has 180 valence electrons. The Bertz CT molecular complexity index is 1230. The van der Waals surface area contributed by atoms with Gasteiger partial charge in [-0.2, -0.15) is 0 Å². The Morgan fingerprint density at radius 3 is 2.43 bits per heavy atom. The number of methoxy groups -OCH3 is 1. The van der Waals surface area contributed by atoms with Gasteiger partial charge in [-0.25, -0.2) is 0 Å². The number of rotatable bonds is 10. The van der Waals surface area contributed by atoms with E-state index in [1.807, 2.05) is 85.8 Å². The number of thiocarbonyl (C=S) groups is 1. The van der Waals surface area contributed by atoms with Crippen LogP contribution in [-0.2, 0) is 4.79 Å². The Hall–Kier alpha value is -3.49. The van der Waals surface area contributed by atoms with Crippen LogP contribution in [0.15, 0.2) is 77.7 Å². The van der Waals surface area contributed by atoms with E-state index in [0.717, 1.165) is 17.0 Å². The summed E-state index contributed by atoms with van der Waals surface area (Å²) in [6.45, 7) is 3.10. The molecule has 1 amide bonds. The zero-order valence-electron chi connectivity index (χ0n) is 19.4. The number of carbonyl (C=O) groups is 1. The first kappa shape index (κ1) is 24.6. The lowest BCUT2D eigenvalue weighted by molar-refractivity contribution is -0.113. The van der Waals surface area contributed by atoms with Gasteiger partial charge in [0.05, 0.1) is 24.3 Å². The van der Waals surface area contributed by atoms with Crippen LogP contribution >= 0.6 is 24.0 Å². The maximum atomic E-state index is 13.0. The van der Waals surface area contributed by atoms with Gasteiger partial charge in [0, 0.05) is 6.07 Å². The van der Waals surface area contributed by atoms with Gasteiger partial charge in [-0.1, -0.05) is 54.3 Å². The van der Waals surface area contributed by atoms with Crippen molar-refractivity contribution in [3.05, 3.63) is 83.3 Å². The monoisotopic (exact) mass is 507 g/mol. The lowest BCUT2D eigenvalue weighted by Crippen LogP contribution is -2.27. The average molecular weight is 508 g/mol. The number of para-hydroxylation sites is 1. The molecule has 6 nitrogen and oxygen atoms in total. The fourth-order valence-corrected chi connectivity index (χ4v) is 4.72. The summed E-state index contributed by atoms with van der Waals surface area (Å²) in [6, 6.07) is 22.4. The van der Waals surface area contributed by atoms with E-state index < -0.39 is 0 Å². The van der Waals surface area contributed by atoms with Gasteiger partial charge in [0.25, 0.3) is 5.91 Å². The first-order chi connectivity index (χ1) is 17.1. The van der Waals surface area contributed by atoms with Gasteiger partial charge in [0.2, 0.25) is 0 Å². The van der Waals surface area contributed by atoms with Crippen molar-refractivity contribution in [3.8, 4) is 23.0 Å². The molecular formula is C27H25NO5S2. The third-order valence-electron chi connectivity index (χ3n) is 5.02. The van der Waals surface area contributed by atoms with Gasteiger partial charge in [-0.05, 0) is 55.0 Å². The maximum absolute atomic E-state index is 13.0. The quantitative estimate of drug-likeness (QED) is 0.191. The molecule has 0 aromatic heterocycles. The zero-order chi connectivity index (χ0) is 24.6. The summed E-state index contributed by atoms with van der Waals surface area (Å²) < 4.78 is 23.1. The molecule has 0 N–H and O–H groups in total. The molecule has 1 aliphatic heterocycles. The van der Waals surface area contributed by atoms with Crippen LogP contribution in [0.1, 0.15) is 12.5 Å². The van der Waals surface area contributed by atoms with Gasteiger partial charge < -0.3 is 18.9 Å². The number of hydrogen-bond acceptors (Lipinski definition) is 7. The largest absolute Gasteiger partial charge is 0.497 e. The van der Waals surface area contributed by atoms with Crippen molar-refractivity contribution in [1.82, 2.24) is 0 Å². The molecule has 0 radical (unpaired) electrons. The molecule has 0 unspecified atom stereocenters. The summed E-state index contributed by atoms with van der Waals surface area (Å²) in [6.07, 6.45) is 1.82. The van der Waals surface area contributed by atoms with Crippen LogP contribution in [0.3, 0.4) is 0 Å². The second-order valence-corrected chi connectivity index (χ2v) is 9.04. The van der Waals surface area contributed by atoms with Crippen LogP contribution < -0.4 is 23.8 Å². The van der Waals surface area contributed by atoms with Crippen molar-refractivity contribution in [3.63, 3.8) is 0 Å². The Balaban J connectivity index is 1.43. The van der Waals surface area contributed by atoms with Crippen LogP contribution in [-0.4, -0.2) is 37.2 Å². The van der Waals surface area contributed by atoms with E-state index in [1.54, 1.807) is 12.0 Å². The fraction of sp³-hybridized carbons (Fsp3) is 0.185. The van der Waals surface area contributed by atoms with Crippen molar-refractivity contribution in [2.75, 3.05) is 31.8 Å². The van der Waals surface area contributed by atoms with Crippen LogP contribution in [0, 0.1) is 0 Å². The number of nitrogens with zero attached hydrogens (tertiary/aromatic N) is 1. The SMILES string of the molecule is CCOc1cc(C=C2SC(=S)N(c3ccccc3)C2=O)ccc1OCCOc1cccc(OC)c1. The molecular weight excluding hydrogens is 482 g/mol. The van der Waals surface area contributed by atoms with Gasteiger partial charge in [0.15, 0.2) is 15.8 Å². The van der Waals surface area contributed by atoms with E-state index in [4.69, 9.17) is 31.2 Å². The molecule has 3 aromatic carbocycles. The lowest BCUT2D eigenvalue weighted by Gasteiger charge is -2.14. The summed E-state index contributed by atoms with van der Waals surface area (Å²) in [5.74, 6) is 2.51. The Labute approximate surface area is 214 Å². The highest BCUT2D eigenvalue weighted by molar-refractivity contribution is 8.27. The van der Waals surface area contributed by atoms with E-state index in [-0.39, 0.29) is 5.91 Å². The van der Waals surface area contributed by atoms with Crippen molar-refractivity contribution >= 4 is 46.0 Å². The number of ether oxygens (including phenoxy) is 4. The fourth-order valence-electron chi connectivity index (χ4n) is 3.42. The summed E-state index contributed by atoms with van der Waals surface area (Å²) >= 11 is 6.74. The molecule has 0 atom stereocenters. The summed E-state index contributed by atoms with van der Waals surface area (Å²) in [7, 11) is 1.62. The molecule has 1 aliphatic rings. The zero-order valence-corrected chi connectivity index (χ0v) is 21.1. The second-order valence-electron chi connectivity index (χ2n) is 7.37.